The molecule has 1 unspecified atom stereocenters. The molecule has 0 amide bonds. The molecule has 0 aromatic heterocycles. The number of aryl methyl sites for hydroxylation is 2. The topological polar surface area (TPSA) is 20.2 Å². The van der Waals surface area contributed by atoms with Crippen molar-refractivity contribution in [3.05, 3.63) is 68.7 Å². The van der Waals surface area contributed by atoms with Crippen LogP contribution in [0.3, 0.4) is 0 Å². The first-order valence-corrected chi connectivity index (χ1v) is 6.58. The van der Waals surface area contributed by atoms with Gasteiger partial charge in [-0.15, -0.1) is 0 Å². The molecule has 2 aromatic carbocycles. The highest BCUT2D eigenvalue weighted by Gasteiger charge is 2.20. The molecule has 1 atom stereocenters. The Balaban J connectivity index is 2.52. The maximum absolute atomic E-state index is 13.8. The molecule has 2 rings (SSSR count). The predicted octanol–water partition coefficient (Wildman–Crippen LogP) is 4.43. The molecule has 0 heterocycles. The van der Waals surface area contributed by atoms with E-state index in [4.69, 9.17) is 0 Å². The maximum atomic E-state index is 13.8. The summed E-state index contributed by atoms with van der Waals surface area (Å²) in [5.41, 5.74) is 2.03. The summed E-state index contributed by atoms with van der Waals surface area (Å²) in [7, 11) is 0. The molecule has 19 heavy (non-hydrogen) atoms. The monoisotopic (exact) mass is 326 g/mol. The molecule has 100 valence electrons. The first kappa shape index (κ1) is 14.2. The lowest BCUT2D eigenvalue weighted by molar-refractivity contribution is 0.209. The average Bonchev–Trinajstić information content (AvgIpc) is 2.25. The Hall–Kier alpha value is -1.26. The Morgan fingerprint density at radius 3 is 1.89 bits per heavy atom. The van der Waals surface area contributed by atoms with Gasteiger partial charge in [0.05, 0.1) is 5.56 Å². The maximum Gasteiger partial charge on any atom is 0.133 e. The summed E-state index contributed by atoms with van der Waals surface area (Å²) < 4.78 is 27.9. The van der Waals surface area contributed by atoms with E-state index >= 15 is 0 Å². The van der Waals surface area contributed by atoms with Crippen LogP contribution < -0.4 is 0 Å². The van der Waals surface area contributed by atoms with Crippen molar-refractivity contribution in [1.29, 1.82) is 0 Å². The summed E-state index contributed by atoms with van der Waals surface area (Å²) in [6.07, 6.45) is -1.31. The summed E-state index contributed by atoms with van der Waals surface area (Å²) >= 11 is 3.01. The summed E-state index contributed by atoms with van der Waals surface area (Å²) in [4.78, 5) is 0. The fourth-order valence-electron chi connectivity index (χ4n) is 2.15. The van der Waals surface area contributed by atoms with Crippen LogP contribution in [-0.4, -0.2) is 5.11 Å². The average molecular weight is 327 g/mol. The molecule has 0 aliphatic heterocycles. The van der Waals surface area contributed by atoms with Crippen LogP contribution in [0.25, 0.3) is 0 Å². The molecule has 0 spiro atoms. The number of hydrogen-bond donors (Lipinski definition) is 1. The molecule has 2 aromatic rings. The van der Waals surface area contributed by atoms with E-state index in [1.165, 1.54) is 0 Å². The fraction of sp³-hybridized carbons (Fsp3) is 0.200. The van der Waals surface area contributed by atoms with E-state index in [1.54, 1.807) is 12.1 Å². The Labute approximate surface area is 119 Å². The third-order valence-electron chi connectivity index (χ3n) is 2.88. The third kappa shape index (κ3) is 3.01. The van der Waals surface area contributed by atoms with E-state index in [0.29, 0.717) is 10.0 Å². The lowest BCUT2D eigenvalue weighted by Crippen LogP contribution is -2.06. The quantitative estimate of drug-likeness (QED) is 0.865. The van der Waals surface area contributed by atoms with Crippen LogP contribution in [0.5, 0.6) is 0 Å². The number of benzene rings is 2. The summed E-state index contributed by atoms with van der Waals surface area (Å²) in [5.74, 6) is -1.53. The van der Waals surface area contributed by atoms with Crippen LogP contribution in [0.15, 0.2) is 34.8 Å². The highest BCUT2D eigenvalue weighted by Crippen LogP contribution is 2.30. The van der Waals surface area contributed by atoms with Crippen LogP contribution in [0.2, 0.25) is 0 Å². The van der Waals surface area contributed by atoms with Gasteiger partial charge in [-0.2, -0.15) is 0 Å². The molecule has 0 bridgehead atoms. The van der Waals surface area contributed by atoms with Crippen molar-refractivity contribution in [2.24, 2.45) is 0 Å². The molecule has 0 saturated heterocycles. The van der Waals surface area contributed by atoms with Crippen LogP contribution >= 0.6 is 15.9 Å². The molecule has 0 fully saturated rings. The summed E-state index contributed by atoms with van der Waals surface area (Å²) in [6, 6.07) is 7.66. The minimum atomic E-state index is -1.31. The highest BCUT2D eigenvalue weighted by molar-refractivity contribution is 9.10. The van der Waals surface area contributed by atoms with Crippen molar-refractivity contribution in [3.8, 4) is 0 Å². The lowest BCUT2D eigenvalue weighted by Gasteiger charge is -2.15. The zero-order valence-corrected chi connectivity index (χ0v) is 12.1. The molecule has 4 heteroatoms. The Morgan fingerprint density at radius 1 is 0.947 bits per heavy atom. The molecule has 0 saturated carbocycles. The second-order valence-corrected chi connectivity index (χ2v) is 5.52. The molecule has 0 radical (unpaired) electrons. The van der Waals surface area contributed by atoms with Gasteiger partial charge in [-0.1, -0.05) is 45.3 Å². The summed E-state index contributed by atoms with van der Waals surface area (Å²) in [6.45, 7) is 3.75. The van der Waals surface area contributed by atoms with E-state index in [0.717, 1.165) is 23.3 Å². The van der Waals surface area contributed by atoms with Gasteiger partial charge < -0.3 is 5.11 Å². The smallest absolute Gasteiger partial charge is 0.133 e. The van der Waals surface area contributed by atoms with Crippen molar-refractivity contribution in [1.82, 2.24) is 0 Å². The van der Waals surface area contributed by atoms with Gasteiger partial charge in [-0.25, -0.2) is 8.78 Å². The van der Waals surface area contributed by atoms with Gasteiger partial charge in [0.25, 0.3) is 0 Å². The normalized spacial score (nSPS) is 12.5. The largest absolute Gasteiger partial charge is 0.383 e. The molecule has 0 aliphatic carbocycles. The molecular weight excluding hydrogens is 314 g/mol. The Kier molecular flexibility index (Phi) is 4.02. The van der Waals surface area contributed by atoms with E-state index in [-0.39, 0.29) is 5.56 Å². The van der Waals surface area contributed by atoms with Crippen LogP contribution in [0.4, 0.5) is 8.78 Å². The van der Waals surface area contributed by atoms with Gasteiger partial charge in [0.1, 0.15) is 17.7 Å². The van der Waals surface area contributed by atoms with E-state index in [1.807, 2.05) is 19.9 Å². The molecule has 1 N–H and O–H groups in total. The molecular formula is C15H13BrF2O. The van der Waals surface area contributed by atoms with Crippen molar-refractivity contribution in [2.75, 3.05) is 0 Å². The first-order chi connectivity index (χ1) is 8.88. The number of hydrogen-bond acceptors (Lipinski definition) is 1. The number of halogens is 3. The zero-order valence-electron chi connectivity index (χ0n) is 10.5. The highest BCUT2D eigenvalue weighted by atomic mass is 79.9. The van der Waals surface area contributed by atoms with Gasteiger partial charge in [0.15, 0.2) is 0 Å². The van der Waals surface area contributed by atoms with Gasteiger partial charge in [-0.3, -0.25) is 0 Å². The number of rotatable bonds is 2. The first-order valence-electron chi connectivity index (χ1n) is 5.79. The number of aliphatic hydroxyl groups is 1. The molecule has 1 nitrogen and oxygen atoms in total. The van der Waals surface area contributed by atoms with Crippen LogP contribution in [0, 0.1) is 25.5 Å². The van der Waals surface area contributed by atoms with Crippen molar-refractivity contribution < 1.29 is 13.9 Å². The van der Waals surface area contributed by atoms with Crippen LogP contribution in [0.1, 0.15) is 28.4 Å². The fourth-order valence-corrected chi connectivity index (χ4v) is 2.55. The zero-order chi connectivity index (χ0) is 14.2. The second kappa shape index (κ2) is 5.39. The standard InChI is InChI=1S/C15H13BrF2O/c1-8-3-9(2)5-10(4-8)15(19)14-12(17)6-11(16)7-13(14)18/h3-7,15,19H,1-2H3. The van der Waals surface area contributed by atoms with Gasteiger partial charge in [0, 0.05) is 4.47 Å². The van der Waals surface area contributed by atoms with Crippen LogP contribution in [-0.2, 0) is 0 Å². The molecule has 0 aliphatic rings. The van der Waals surface area contributed by atoms with Crippen molar-refractivity contribution in [3.63, 3.8) is 0 Å². The Bertz CT molecular complexity index is 582. The van der Waals surface area contributed by atoms with E-state index in [2.05, 4.69) is 15.9 Å². The summed E-state index contributed by atoms with van der Waals surface area (Å²) in [5, 5.41) is 10.2. The third-order valence-corrected chi connectivity index (χ3v) is 3.33. The van der Waals surface area contributed by atoms with Gasteiger partial charge in [0.2, 0.25) is 0 Å². The SMILES string of the molecule is Cc1cc(C)cc(C(O)c2c(F)cc(Br)cc2F)c1. The Morgan fingerprint density at radius 2 is 1.42 bits per heavy atom. The van der Waals surface area contributed by atoms with Gasteiger partial charge >= 0.3 is 0 Å². The predicted molar refractivity (Wildman–Crippen MR) is 74.0 cm³/mol. The van der Waals surface area contributed by atoms with Crippen molar-refractivity contribution in [2.45, 2.75) is 20.0 Å². The number of aliphatic hydroxyl groups excluding tert-OH is 1. The lowest BCUT2D eigenvalue weighted by atomic mass is 9.97. The van der Waals surface area contributed by atoms with E-state index < -0.39 is 17.7 Å². The second-order valence-electron chi connectivity index (χ2n) is 4.61. The van der Waals surface area contributed by atoms with Crippen molar-refractivity contribution >= 4 is 15.9 Å². The van der Waals surface area contributed by atoms with Gasteiger partial charge in [-0.05, 0) is 31.5 Å². The van der Waals surface area contributed by atoms with E-state index in [9.17, 15) is 13.9 Å². The minimum Gasteiger partial charge on any atom is -0.383 e. The minimum absolute atomic E-state index is 0.305.